The molecule has 0 aliphatic heterocycles. The fourth-order valence-electron chi connectivity index (χ4n) is 2.00. The summed E-state index contributed by atoms with van der Waals surface area (Å²) in [5.74, 6) is 1.56. The van der Waals surface area contributed by atoms with E-state index >= 15 is 0 Å². The number of ether oxygens (including phenoxy) is 3. The minimum atomic E-state index is -0.487. The molecule has 0 aliphatic carbocycles. The summed E-state index contributed by atoms with van der Waals surface area (Å²) in [6.07, 6.45) is 3.49. The van der Waals surface area contributed by atoms with Gasteiger partial charge in [0, 0.05) is 6.08 Å². The Hall–Kier alpha value is -2.76. The predicted octanol–water partition coefficient (Wildman–Crippen LogP) is 3.35. The molecule has 0 N–H and O–H groups in total. The zero-order chi connectivity index (χ0) is 16.8. The fraction of sp³-hybridized carbons (Fsp3) is 0.294. The second-order valence-electron chi connectivity index (χ2n) is 4.63. The van der Waals surface area contributed by atoms with Gasteiger partial charge < -0.3 is 18.6 Å². The van der Waals surface area contributed by atoms with Crippen LogP contribution >= 0.6 is 0 Å². The Balaban J connectivity index is 2.20. The Morgan fingerprint density at radius 2 is 1.96 bits per heavy atom. The maximum atomic E-state index is 11.7. The lowest BCUT2D eigenvalue weighted by atomic mass is 10.2. The Morgan fingerprint density at radius 3 is 2.61 bits per heavy atom. The van der Waals surface area contributed by atoms with Gasteiger partial charge >= 0.3 is 5.97 Å². The van der Waals surface area contributed by atoms with E-state index in [0.717, 1.165) is 5.56 Å². The van der Waals surface area contributed by atoms with E-state index in [9.17, 15) is 4.79 Å². The second kappa shape index (κ2) is 7.49. The molecule has 0 bridgehead atoms. The van der Waals surface area contributed by atoms with Gasteiger partial charge in [0.2, 0.25) is 5.89 Å². The summed E-state index contributed by atoms with van der Waals surface area (Å²) in [6.45, 7) is 3.71. The number of oxazole rings is 1. The molecule has 1 aromatic heterocycles. The van der Waals surface area contributed by atoms with Crippen molar-refractivity contribution in [3.05, 3.63) is 41.1 Å². The summed E-state index contributed by atoms with van der Waals surface area (Å²) in [5, 5.41) is 0. The second-order valence-corrected chi connectivity index (χ2v) is 4.63. The smallest absolute Gasteiger partial charge is 0.360 e. The summed E-state index contributed by atoms with van der Waals surface area (Å²) in [7, 11) is 3.16. The molecule has 0 radical (unpaired) electrons. The van der Waals surface area contributed by atoms with Crippen molar-refractivity contribution in [3.8, 4) is 11.5 Å². The minimum Gasteiger partial charge on any atom is -0.493 e. The van der Waals surface area contributed by atoms with Crippen molar-refractivity contribution in [1.29, 1.82) is 0 Å². The molecule has 0 amide bonds. The van der Waals surface area contributed by atoms with Crippen molar-refractivity contribution in [2.75, 3.05) is 20.8 Å². The molecule has 0 saturated carbocycles. The van der Waals surface area contributed by atoms with E-state index in [0.29, 0.717) is 29.8 Å². The standard InChI is InChI=1S/C17H19NO5/c1-5-22-17(19)16-11(2)23-15(18-16)9-7-12-6-8-13(20-3)14(10-12)21-4/h6-10H,5H2,1-4H3/b9-7+. The molecule has 0 atom stereocenters. The molecule has 2 rings (SSSR count). The third-order valence-electron chi connectivity index (χ3n) is 3.11. The van der Waals surface area contributed by atoms with Crippen molar-refractivity contribution in [1.82, 2.24) is 4.98 Å². The lowest BCUT2D eigenvalue weighted by Crippen LogP contribution is -2.06. The number of rotatable bonds is 6. The molecule has 1 heterocycles. The van der Waals surface area contributed by atoms with Crippen molar-refractivity contribution in [2.45, 2.75) is 13.8 Å². The van der Waals surface area contributed by atoms with Crippen LogP contribution in [0.3, 0.4) is 0 Å². The molecule has 0 saturated heterocycles. The molecule has 23 heavy (non-hydrogen) atoms. The summed E-state index contributed by atoms with van der Waals surface area (Å²) >= 11 is 0. The molecule has 0 spiro atoms. The zero-order valence-electron chi connectivity index (χ0n) is 13.6. The predicted molar refractivity (Wildman–Crippen MR) is 85.7 cm³/mol. The average molecular weight is 317 g/mol. The van der Waals surface area contributed by atoms with Gasteiger partial charge in [-0.1, -0.05) is 6.07 Å². The Bertz CT molecular complexity index is 718. The van der Waals surface area contributed by atoms with Crippen molar-refractivity contribution in [2.24, 2.45) is 0 Å². The number of aryl methyl sites for hydroxylation is 1. The number of hydrogen-bond donors (Lipinski definition) is 0. The molecule has 0 aliphatic rings. The van der Waals surface area contributed by atoms with Gasteiger partial charge in [0.05, 0.1) is 20.8 Å². The van der Waals surface area contributed by atoms with E-state index in [1.165, 1.54) is 0 Å². The summed E-state index contributed by atoms with van der Waals surface area (Å²) in [4.78, 5) is 15.8. The Morgan fingerprint density at radius 1 is 1.22 bits per heavy atom. The van der Waals surface area contributed by atoms with Gasteiger partial charge in [-0.05, 0) is 37.6 Å². The van der Waals surface area contributed by atoms with Gasteiger partial charge in [0.1, 0.15) is 5.76 Å². The minimum absolute atomic E-state index is 0.193. The first-order valence-corrected chi connectivity index (χ1v) is 7.13. The molecular formula is C17H19NO5. The number of esters is 1. The van der Waals surface area contributed by atoms with Crippen LogP contribution < -0.4 is 9.47 Å². The fourth-order valence-corrected chi connectivity index (χ4v) is 2.00. The number of hydrogen-bond acceptors (Lipinski definition) is 6. The van der Waals surface area contributed by atoms with E-state index in [-0.39, 0.29) is 5.69 Å². The number of carbonyl (C=O) groups is 1. The van der Waals surface area contributed by atoms with Crippen molar-refractivity contribution < 1.29 is 23.4 Å². The molecule has 6 nitrogen and oxygen atoms in total. The number of nitrogens with zero attached hydrogens (tertiary/aromatic N) is 1. The SMILES string of the molecule is CCOC(=O)c1nc(/C=C/c2ccc(OC)c(OC)c2)oc1C. The lowest BCUT2D eigenvalue weighted by Gasteiger charge is -2.07. The Kier molecular flexibility index (Phi) is 5.41. The number of methoxy groups -OCH3 is 2. The lowest BCUT2D eigenvalue weighted by molar-refractivity contribution is 0.0518. The molecule has 0 unspecified atom stereocenters. The van der Waals surface area contributed by atoms with E-state index in [1.54, 1.807) is 34.1 Å². The van der Waals surface area contributed by atoms with E-state index in [4.69, 9.17) is 18.6 Å². The van der Waals surface area contributed by atoms with Crippen LogP contribution in [0.25, 0.3) is 12.2 Å². The van der Waals surface area contributed by atoms with E-state index in [2.05, 4.69) is 4.98 Å². The molecular weight excluding hydrogens is 298 g/mol. The van der Waals surface area contributed by atoms with Crippen LogP contribution in [0.5, 0.6) is 11.5 Å². The first-order chi connectivity index (χ1) is 11.1. The summed E-state index contributed by atoms with van der Waals surface area (Å²) < 4.78 is 20.8. The topological polar surface area (TPSA) is 70.8 Å². The van der Waals surface area contributed by atoms with Gasteiger partial charge in [-0.25, -0.2) is 9.78 Å². The first-order valence-electron chi connectivity index (χ1n) is 7.13. The third-order valence-corrected chi connectivity index (χ3v) is 3.11. The number of aromatic nitrogens is 1. The summed E-state index contributed by atoms with van der Waals surface area (Å²) in [5.41, 5.74) is 1.08. The summed E-state index contributed by atoms with van der Waals surface area (Å²) in [6, 6.07) is 5.51. The molecule has 0 fully saturated rings. The number of benzene rings is 1. The zero-order valence-corrected chi connectivity index (χ0v) is 13.6. The Labute approximate surface area is 134 Å². The van der Waals surface area contributed by atoms with Gasteiger partial charge in [-0.2, -0.15) is 0 Å². The molecule has 2 aromatic rings. The van der Waals surface area contributed by atoms with Crippen molar-refractivity contribution in [3.63, 3.8) is 0 Å². The third kappa shape index (κ3) is 3.91. The van der Waals surface area contributed by atoms with E-state index < -0.39 is 5.97 Å². The maximum Gasteiger partial charge on any atom is 0.360 e. The first kappa shape index (κ1) is 16.6. The van der Waals surface area contributed by atoms with Crippen molar-refractivity contribution >= 4 is 18.1 Å². The monoisotopic (exact) mass is 317 g/mol. The number of carbonyl (C=O) groups excluding carboxylic acids is 1. The van der Waals surface area contributed by atoms with Crippen LogP contribution in [0, 0.1) is 6.92 Å². The normalized spacial score (nSPS) is 10.8. The highest BCUT2D eigenvalue weighted by Gasteiger charge is 2.16. The molecule has 1 aromatic carbocycles. The molecule has 122 valence electrons. The van der Waals surface area contributed by atoms with Gasteiger partial charge in [-0.15, -0.1) is 0 Å². The van der Waals surface area contributed by atoms with Crippen LogP contribution in [0.15, 0.2) is 22.6 Å². The average Bonchev–Trinajstić information content (AvgIpc) is 2.93. The largest absolute Gasteiger partial charge is 0.493 e. The van der Waals surface area contributed by atoms with Gasteiger partial charge in [0.25, 0.3) is 0 Å². The highest BCUT2D eigenvalue weighted by atomic mass is 16.5. The maximum absolute atomic E-state index is 11.7. The van der Waals surface area contributed by atoms with Crippen LogP contribution in [0.2, 0.25) is 0 Å². The molecule has 6 heteroatoms. The highest BCUT2D eigenvalue weighted by Crippen LogP contribution is 2.28. The van der Waals surface area contributed by atoms with Crippen LogP contribution in [0.1, 0.15) is 34.6 Å². The highest BCUT2D eigenvalue weighted by molar-refractivity contribution is 5.88. The van der Waals surface area contributed by atoms with Gasteiger partial charge in [0.15, 0.2) is 17.2 Å². The van der Waals surface area contributed by atoms with Crippen LogP contribution in [-0.2, 0) is 4.74 Å². The van der Waals surface area contributed by atoms with Crippen LogP contribution in [-0.4, -0.2) is 31.8 Å². The van der Waals surface area contributed by atoms with Gasteiger partial charge in [-0.3, -0.25) is 0 Å². The van der Waals surface area contributed by atoms with E-state index in [1.807, 2.05) is 24.3 Å². The quantitative estimate of drug-likeness (QED) is 0.761. The van der Waals surface area contributed by atoms with Crippen LogP contribution in [0.4, 0.5) is 0 Å².